The van der Waals surface area contributed by atoms with Gasteiger partial charge in [0.15, 0.2) is 11.5 Å². The predicted octanol–water partition coefficient (Wildman–Crippen LogP) is 3.14. The number of aliphatic hydroxyl groups excluding tert-OH is 1. The molecule has 0 fully saturated rings. The summed E-state index contributed by atoms with van der Waals surface area (Å²) in [5.41, 5.74) is 6.65. The summed E-state index contributed by atoms with van der Waals surface area (Å²) >= 11 is 0. The van der Waals surface area contributed by atoms with Crippen LogP contribution in [0.4, 0.5) is 0 Å². The second kappa shape index (κ2) is 8.90. The monoisotopic (exact) mass is 295 g/mol. The first-order chi connectivity index (χ1) is 10.0. The van der Waals surface area contributed by atoms with Gasteiger partial charge in [-0.3, -0.25) is 0 Å². The SMILES string of the molecule is CCOc1ccc(C(O)C(CN)CC(C)C)cc1OCC. The summed E-state index contributed by atoms with van der Waals surface area (Å²) in [6.45, 7) is 9.76. The molecule has 0 bridgehead atoms. The van der Waals surface area contributed by atoms with Crippen LogP contribution >= 0.6 is 0 Å². The van der Waals surface area contributed by atoms with Gasteiger partial charge >= 0.3 is 0 Å². The van der Waals surface area contributed by atoms with E-state index in [0.29, 0.717) is 37.2 Å². The molecule has 120 valence electrons. The maximum absolute atomic E-state index is 10.6. The van der Waals surface area contributed by atoms with Crippen LogP contribution < -0.4 is 15.2 Å². The molecule has 1 aromatic carbocycles. The summed E-state index contributed by atoms with van der Waals surface area (Å²) in [5, 5.41) is 10.6. The van der Waals surface area contributed by atoms with Gasteiger partial charge in [-0.15, -0.1) is 0 Å². The zero-order valence-electron chi connectivity index (χ0n) is 13.6. The second-order valence-electron chi connectivity index (χ2n) is 5.64. The molecule has 1 aromatic rings. The smallest absolute Gasteiger partial charge is 0.161 e. The van der Waals surface area contributed by atoms with Crippen LogP contribution in [-0.4, -0.2) is 24.9 Å². The number of rotatable bonds is 9. The van der Waals surface area contributed by atoms with Gasteiger partial charge in [0.1, 0.15) is 0 Å². The Morgan fingerprint density at radius 2 is 1.71 bits per heavy atom. The van der Waals surface area contributed by atoms with E-state index in [1.54, 1.807) is 0 Å². The highest BCUT2D eigenvalue weighted by molar-refractivity contribution is 5.43. The van der Waals surface area contributed by atoms with Gasteiger partial charge in [-0.25, -0.2) is 0 Å². The molecule has 2 atom stereocenters. The number of hydrogen-bond donors (Lipinski definition) is 2. The van der Waals surface area contributed by atoms with Crippen LogP contribution in [0.25, 0.3) is 0 Å². The molecule has 0 radical (unpaired) electrons. The van der Waals surface area contributed by atoms with Gasteiger partial charge in [-0.2, -0.15) is 0 Å². The van der Waals surface area contributed by atoms with E-state index in [4.69, 9.17) is 15.2 Å². The van der Waals surface area contributed by atoms with Crippen molar-refractivity contribution in [3.8, 4) is 11.5 Å². The quantitative estimate of drug-likeness (QED) is 0.734. The Morgan fingerprint density at radius 1 is 1.10 bits per heavy atom. The highest BCUT2D eigenvalue weighted by Crippen LogP contribution is 2.34. The molecule has 1 rings (SSSR count). The lowest BCUT2D eigenvalue weighted by Gasteiger charge is -2.24. The van der Waals surface area contributed by atoms with Gasteiger partial charge in [-0.05, 0) is 50.4 Å². The van der Waals surface area contributed by atoms with Gasteiger partial charge in [-0.1, -0.05) is 19.9 Å². The number of hydrogen-bond acceptors (Lipinski definition) is 4. The van der Waals surface area contributed by atoms with Crippen molar-refractivity contribution < 1.29 is 14.6 Å². The highest BCUT2D eigenvalue weighted by Gasteiger charge is 2.22. The van der Waals surface area contributed by atoms with Crippen molar-refractivity contribution in [2.75, 3.05) is 19.8 Å². The minimum atomic E-state index is -0.577. The zero-order valence-corrected chi connectivity index (χ0v) is 13.6. The van der Waals surface area contributed by atoms with E-state index in [1.165, 1.54) is 0 Å². The normalized spacial score (nSPS) is 14.0. The first-order valence-electron chi connectivity index (χ1n) is 7.81. The van der Waals surface area contributed by atoms with Gasteiger partial charge < -0.3 is 20.3 Å². The average Bonchev–Trinajstić information content (AvgIpc) is 2.46. The second-order valence-corrected chi connectivity index (χ2v) is 5.64. The Balaban J connectivity index is 2.97. The lowest BCUT2D eigenvalue weighted by atomic mass is 9.88. The number of benzene rings is 1. The lowest BCUT2D eigenvalue weighted by Crippen LogP contribution is -2.23. The predicted molar refractivity (Wildman–Crippen MR) is 85.7 cm³/mol. The minimum absolute atomic E-state index is 0.0532. The standard InChI is InChI=1S/C17H29NO3/c1-5-20-15-8-7-13(10-16(15)21-6-2)17(19)14(11-18)9-12(3)4/h7-8,10,12,14,17,19H,5-6,9,11,18H2,1-4H3. The molecular formula is C17H29NO3. The first-order valence-corrected chi connectivity index (χ1v) is 7.81. The van der Waals surface area contributed by atoms with Crippen LogP contribution in [0.3, 0.4) is 0 Å². The molecule has 0 spiro atoms. The van der Waals surface area contributed by atoms with Gasteiger partial charge in [0.05, 0.1) is 19.3 Å². The van der Waals surface area contributed by atoms with Crippen molar-refractivity contribution >= 4 is 0 Å². The Bertz CT molecular complexity index is 420. The van der Waals surface area contributed by atoms with E-state index in [-0.39, 0.29) is 5.92 Å². The van der Waals surface area contributed by atoms with Crippen LogP contribution in [0.15, 0.2) is 18.2 Å². The third-order valence-electron chi connectivity index (χ3n) is 3.43. The fourth-order valence-corrected chi connectivity index (χ4v) is 2.48. The average molecular weight is 295 g/mol. The van der Waals surface area contributed by atoms with Crippen molar-refractivity contribution in [3.63, 3.8) is 0 Å². The molecular weight excluding hydrogens is 266 g/mol. The molecule has 0 heterocycles. The van der Waals surface area contributed by atoms with Crippen molar-refractivity contribution in [2.24, 2.45) is 17.6 Å². The highest BCUT2D eigenvalue weighted by atomic mass is 16.5. The van der Waals surface area contributed by atoms with E-state index in [0.717, 1.165) is 12.0 Å². The zero-order chi connectivity index (χ0) is 15.8. The van der Waals surface area contributed by atoms with Gasteiger partial charge in [0.25, 0.3) is 0 Å². The Morgan fingerprint density at radius 3 is 2.24 bits per heavy atom. The van der Waals surface area contributed by atoms with Crippen molar-refractivity contribution in [1.29, 1.82) is 0 Å². The molecule has 0 amide bonds. The number of aliphatic hydroxyl groups is 1. The third-order valence-corrected chi connectivity index (χ3v) is 3.43. The molecule has 4 heteroatoms. The van der Waals surface area contributed by atoms with Crippen molar-refractivity contribution in [1.82, 2.24) is 0 Å². The fraction of sp³-hybridized carbons (Fsp3) is 0.647. The molecule has 4 nitrogen and oxygen atoms in total. The third kappa shape index (κ3) is 5.21. The summed E-state index contributed by atoms with van der Waals surface area (Å²) in [6, 6.07) is 5.61. The molecule has 3 N–H and O–H groups in total. The van der Waals surface area contributed by atoms with Crippen LogP contribution in [-0.2, 0) is 0 Å². The summed E-state index contributed by atoms with van der Waals surface area (Å²) in [7, 11) is 0. The maximum atomic E-state index is 10.6. The van der Waals surface area contributed by atoms with E-state index in [2.05, 4.69) is 13.8 Å². The molecule has 0 aliphatic carbocycles. The number of nitrogens with two attached hydrogens (primary N) is 1. The van der Waals surface area contributed by atoms with Crippen LogP contribution in [0, 0.1) is 11.8 Å². The Labute approximate surface area is 128 Å². The molecule has 0 aromatic heterocycles. The molecule has 2 unspecified atom stereocenters. The van der Waals surface area contributed by atoms with E-state index in [1.807, 2.05) is 32.0 Å². The van der Waals surface area contributed by atoms with Crippen molar-refractivity contribution in [3.05, 3.63) is 23.8 Å². The van der Waals surface area contributed by atoms with Gasteiger partial charge in [0.2, 0.25) is 0 Å². The molecule has 0 saturated carbocycles. The van der Waals surface area contributed by atoms with Crippen LogP contribution in [0.2, 0.25) is 0 Å². The molecule has 0 aliphatic rings. The van der Waals surface area contributed by atoms with Crippen LogP contribution in [0.5, 0.6) is 11.5 Å². The summed E-state index contributed by atoms with van der Waals surface area (Å²) in [6.07, 6.45) is 0.321. The van der Waals surface area contributed by atoms with Crippen molar-refractivity contribution in [2.45, 2.75) is 40.2 Å². The maximum Gasteiger partial charge on any atom is 0.161 e. The summed E-state index contributed by atoms with van der Waals surface area (Å²) in [4.78, 5) is 0. The number of ether oxygens (including phenoxy) is 2. The van der Waals surface area contributed by atoms with Gasteiger partial charge in [0, 0.05) is 5.92 Å². The minimum Gasteiger partial charge on any atom is -0.490 e. The Hall–Kier alpha value is -1.26. The van der Waals surface area contributed by atoms with E-state index in [9.17, 15) is 5.11 Å². The van der Waals surface area contributed by atoms with E-state index >= 15 is 0 Å². The Kier molecular flexibility index (Phi) is 7.54. The molecule has 0 aliphatic heterocycles. The topological polar surface area (TPSA) is 64.7 Å². The fourth-order valence-electron chi connectivity index (χ4n) is 2.48. The largest absolute Gasteiger partial charge is 0.490 e. The first kappa shape index (κ1) is 17.8. The summed E-state index contributed by atoms with van der Waals surface area (Å²) < 4.78 is 11.2. The van der Waals surface area contributed by atoms with Crippen LogP contribution in [0.1, 0.15) is 45.8 Å². The molecule has 21 heavy (non-hydrogen) atoms. The lowest BCUT2D eigenvalue weighted by molar-refractivity contribution is 0.0990. The van der Waals surface area contributed by atoms with E-state index < -0.39 is 6.10 Å². The molecule has 0 saturated heterocycles. The summed E-state index contributed by atoms with van der Waals surface area (Å²) in [5.74, 6) is 1.94.